The number of carbonyl (C=O) groups excluding carboxylic acids is 2. The third-order valence-electron chi connectivity index (χ3n) is 5.35. The van der Waals surface area contributed by atoms with E-state index < -0.39 is 0 Å². The second-order valence-corrected chi connectivity index (χ2v) is 7.99. The van der Waals surface area contributed by atoms with Gasteiger partial charge in [-0.25, -0.2) is 0 Å². The summed E-state index contributed by atoms with van der Waals surface area (Å²) in [5.74, 6) is 0.960. The fourth-order valence-electron chi connectivity index (χ4n) is 3.67. The lowest BCUT2D eigenvalue weighted by Gasteiger charge is -2.23. The molecule has 0 aromatic heterocycles. The predicted molar refractivity (Wildman–Crippen MR) is 121 cm³/mol. The van der Waals surface area contributed by atoms with E-state index >= 15 is 0 Å². The van der Waals surface area contributed by atoms with E-state index in [1.54, 1.807) is 28.0 Å². The van der Waals surface area contributed by atoms with Crippen molar-refractivity contribution in [2.75, 3.05) is 39.9 Å². The Balaban J connectivity index is 1.55. The van der Waals surface area contributed by atoms with Gasteiger partial charge in [0.15, 0.2) is 6.61 Å². The Kier molecular flexibility index (Phi) is 8.18. The first-order valence-electron chi connectivity index (χ1n) is 10.6. The normalized spacial score (nSPS) is 14.2. The van der Waals surface area contributed by atoms with Crippen LogP contribution in [0.4, 0.5) is 0 Å². The minimum absolute atomic E-state index is 0.0107. The summed E-state index contributed by atoms with van der Waals surface area (Å²) in [7, 11) is 1.53. The third kappa shape index (κ3) is 6.14. The molecule has 0 bridgehead atoms. The van der Waals surface area contributed by atoms with Gasteiger partial charge in [0, 0.05) is 31.2 Å². The second kappa shape index (κ2) is 11.0. The molecular weight excluding hydrogens is 416 g/mol. The molecule has 0 spiro atoms. The molecule has 6 nitrogen and oxygen atoms in total. The van der Waals surface area contributed by atoms with Crippen LogP contribution < -0.4 is 9.47 Å². The van der Waals surface area contributed by atoms with E-state index in [2.05, 4.69) is 6.92 Å². The number of amides is 2. The first kappa shape index (κ1) is 22.9. The monoisotopic (exact) mass is 444 g/mol. The Morgan fingerprint density at radius 3 is 2.42 bits per heavy atom. The molecule has 2 amide bonds. The fraction of sp³-hybridized carbons (Fsp3) is 0.417. The number of halogens is 1. The molecule has 0 N–H and O–H groups in total. The number of nitrogens with zero attached hydrogens (tertiary/aromatic N) is 2. The number of benzene rings is 2. The maximum absolute atomic E-state index is 13.0. The van der Waals surface area contributed by atoms with Gasteiger partial charge in [-0.05, 0) is 48.7 Å². The molecule has 31 heavy (non-hydrogen) atoms. The van der Waals surface area contributed by atoms with Crippen LogP contribution in [0.15, 0.2) is 42.5 Å². The van der Waals surface area contributed by atoms with Crippen molar-refractivity contribution in [3.05, 3.63) is 58.6 Å². The summed E-state index contributed by atoms with van der Waals surface area (Å²) in [6.45, 7) is 4.21. The second-order valence-electron chi connectivity index (χ2n) is 7.55. The van der Waals surface area contributed by atoms with Crippen LogP contribution in [0, 0.1) is 0 Å². The van der Waals surface area contributed by atoms with Crippen molar-refractivity contribution >= 4 is 23.4 Å². The van der Waals surface area contributed by atoms with E-state index in [-0.39, 0.29) is 18.4 Å². The first-order chi connectivity index (χ1) is 15.0. The first-order valence-corrected chi connectivity index (χ1v) is 11.0. The van der Waals surface area contributed by atoms with Gasteiger partial charge in [0.1, 0.15) is 11.5 Å². The van der Waals surface area contributed by atoms with Gasteiger partial charge in [-0.15, -0.1) is 0 Å². The van der Waals surface area contributed by atoms with Crippen molar-refractivity contribution in [3.8, 4) is 11.5 Å². The van der Waals surface area contributed by atoms with Crippen LogP contribution in [0.25, 0.3) is 0 Å². The van der Waals surface area contributed by atoms with Crippen LogP contribution in [0.2, 0.25) is 5.02 Å². The summed E-state index contributed by atoms with van der Waals surface area (Å²) in [6, 6.07) is 12.9. The molecule has 0 aliphatic carbocycles. The summed E-state index contributed by atoms with van der Waals surface area (Å²) in [4.78, 5) is 29.2. The number of carbonyl (C=O) groups is 2. The Labute approximate surface area is 188 Å². The lowest BCUT2D eigenvalue weighted by molar-refractivity contribution is -0.133. The van der Waals surface area contributed by atoms with Gasteiger partial charge >= 0.3 is 0 Å². The molecule has 3 rings (SSSR count). The van der Waals surface area contributed by atoms with Crippen LogP contribution >= 0.6 is 11.6 Å². The van der Waals surface area contributed by atoms with Gasteiger partial charge in [0.2, 0.25) is 0 Å². The van der Waals surface area contributed by atoms with E-state index in [1.165, 1.54) is 12.7 Å². The highest BCUT2D eigenvalue weighted by Gasteiger charge is 2.25. The molecule has 1 heterocycles. The number of hydrogen-bond donors (Lipinski definition) is 0. The van der Waals surface area contributed by atoms with Crippen LogP contribution in [0.5, 0.6) is 11.5 Å². The Bertz CT molecular complexity index is 901. The molecule has 0 atom stereocenters. The van der Waals surface area contributed by atoms with Crippen molar-refractivity contribution in [2.45, 2.75) is 26.2 Å². The molecule has 0 radical (unpaired) electrons. The maximum atomic E-state index is 13.0. The summed E-state index contributed by atoms with van der Waals surface area (Å²) in [6.07, 6.45) is 2.83. The Morgan fingerprint density at radius 1 is 1.00 bits per heavy atom. The van der Waals surface area contributed by atoms with E-state index in [4.69, 9.17) is 21.1 Å². The Morgan fingerprint density at radius 2 is 1.71 bits per heavy atom. The van der Waals surface area contributed by atoms with Gasteiger partial charge in [-0.3, -0.25) is 9.59 Å². The van der Waals surface area contributed by atoms with E-state index in [0.29, 0.717) is 54.7 Å². The molecule has 0 saturated carbocycles. The zero-order valence-electron chi connectivity index (χ0n) is 18.1. The number of aryl methyl sites for hydroxylation is 1. The highest BCUT2D eigenvalue weighted by atomic mass is 35.5. The van der Waals surface area contributed by atoms with Gasteiger partial charge in [0.25, 0.3) is 11.8 Å². The van der Waals surface area contributed by atoms with Crippen molar-refractivity contribution in [2.24, 2.45) is 0 Å². The van der Waals surface area contributed by atoms with Crippen LogP contribution in [-0.4, -0.2) is 61.5 Å². The molecule has 1 aliphatic heterocycles. The average molecular weight is 445 g/mol. The van der Waals surface area contributed by atoms with E-state index in [0.717, 1.165) is 12.8 Å². The summed E-state index contributed by atoms with van der Waals surface area (Å²) >= 11 is 6.07. The van der Waals surface area contributed by atoms with Gasteiger partial charge < -0.3 is 19.3 Å². The molecule has 2 aromatic carbocycles. The molecule has 0 unspecified atom stereocenters. The van der Waals surface area contributed by atoms with Crippen molar-refractivity contribution < 1.29 is 19.1 Å². The highest BCUT2D eigenvalue weighted by molar-refractivity contribution is 6.31. The molecular formula is C24H29ClN2O4. The topological polar surface area (TPSA) is 59.1 Å². The van der Waals surface area contributed by atoms with Crippen LogP contribution in [0.3, 0.4) is 0 Å². The molecule has 1 aliphatic rings. The van der Waals surface area contributed by atoms with Gasteiger partial charge in [-0.1, -0.05) is 37.1 Å². The summed E-state index contributed by atoms with van der Waals surface area (Å²) in [5.41, 5.74) is 1.69. The summed E-state index contributed by atoms with van der Waals surface area (Å²) in [5, 5.41) is 0.482. The SMILES string of the molecule is CCCc1ccc(OCC(=O)N2CCCN(C(=O)c3cc(Cl)ccc3OC)CC2)cc1. The lowest BCUT2D eigenvalue weighted by atomic mass is 10.1. The predicted octanol–water partition coefficient (Wildman–Crippen LogP) is 4.05. The highest BCUT2D eigenvalue weighted by Crippen LogP contribution is 2.24. The molecule has 7 heteroatoms. The van der Waals surface area contributed by atoms with Gasteiger partial charge in [0.05, 0.1) is 12.7 Å². The quantitative estimate of drug-likeness (QED) is 0.646. The van der Waals surface area contributed by atoms with Gasteiger partial charge in [-0.2, -0.15) is 0 Å². The third-order valence-corrected chi connectivity index (χ3v) is 5.59. The van der Waals surface area contributed by atoms with Crippen molar-refractivity contribution in [3.63, 3.8) is 0 Å². The number of hydrogen-bond acceptors (Lipinski definition) is 4. The number of ether oxygens (including phenoxy) is 2. The summed E-state index contributed by atoms with van der Waals surface area (Å²) < 4.78 is 11.0. The average Bonchev–Trinajstić information content (AvgIpc) is 3.04. The molecule has 1 fully saturated rings. The zero-order chi connectivity index (χ0) is 22.2. The van der Waals surface area contributed by atoms with Crippen molar-refractivity contribution in [1.29, 1.82) is 0 Å². The van der Waals surface area contributed by atoms with Crippen LogP contribution in [0.1, 0.15) is 35.7 Å². The van der Waals surface area contributed by atoms with Crippen LogP contribution in [-0.2, 0) is 11.2 Å². The zero-order valence-corrected chi connectivity index (χ0v) is 18.9. The lowest BCUT2D eigenvalue weighted by Crippen LogP contribution is -2.39. The standard InChI is InChI=1S/C24H29ClN2O4/c1-3-5-18-6-9-20(10-7-18)31-17-23(28)26-12-4-13-27(15-14-26)24(29)21-16-19(25)8-11-22(21)30-2/h6-11,16H,3-5,12-15,17H2,1-2H3. The van der Waals surface area contributed by atoms with E-state index in [9.17, 15) is 9.59 Å². The van der Waals surface area contributed by atoms with E-state index in [1.807, 2.05) is 24.3 Å². The molecule has 1 saturated heterocycles. The van der Waals surface area contributed by atoms with Crippen molar-refractivity contribution in [1.82, 2.24) is 9.80 Å². The molecule has 166 valence electrons. The largest absolute Gasteiger partial charge is 0.496 e. The fourth-order valence-corrected chi connectivity index (χ4v) is 3.84. The minimum atomic E-state index is -0.142. The minimum Gasteiger partial charge on any atom is -0.496 e. The smallest absolute Gasteiger partial charge is 0.260 e. The molecule has 2 aromatic rings. The maximum Gasteiger partial charge on any atom is 0.260 e. The number of methoxy groups -OCH3 is 1. The number of rotatable bonds is 7. The Hall–Kier alpha value is -2.73.